The Morgan fingerprint density at radius 3 is 2.58 bits per heavy atom. The number of carbonyl (C=O) groups excluding carboxylic acids is 2. The van der Waals surface area contributed by atoms with Crippen molar-refractivity contribution < 1.29 is 14.3 Å². The van der Waals surface area contributed by atoms with E-state index >= 15 is 0 Å². The smallest absolute Gasteiger partial charge is 0.324 e. The van der Waals surface area contributed by atoms with E-state index in [1.807, 2.05) is 30.3 Å². The van der Waals surface area contributed by atoms with E-state index in [1.165, 1.54) is 0 Å². The van der Waals surface area contributed by atoms with Crippen LogP contribution in [0.15, 0.2) is 36.9 Å². The molecule has 0 aromatic heterocycles. The van der Waals surface area contributed by atoms with Gasteiger partial charge in [0.25, 0.3) is 0 Å². The number of esters is 1. The van der Waals surface area contributed by atoms with Gasteiger partial charge in [-0.3, -0.25) is 9.59 Å². The standard InChI is InChI=1S/C16H18O3/c1-3-19-15(18)16(11-7-10-14(16)17)12(2)13-8-5-4-6-9-13/h4-6,8-9H,2-3,7,10-11H2,1H3/t16-/m1/s1. The van der Waals surface area contributed by atoms with Gasteiger partial charge in [-0.25, -0.2) is 0 Å². The van der Waals surface area contributed by atoms with Crippen LogP contribution in [0, 0.1) is 5.41 Å². The molecule has 0 spiro atoms. The van der Waals surface area contributed by atoms with E-state index < -0.39 is 11.4 Å². The van der Waals surface area contributed by atoms with E-state index in [0.717, 1.165) is 5.56 Å². The number of benzene rings is 1. The molecule has 1 aliphatic rings. The molecule has 100 valence electrons. The number of ether oxygens (including phenoxy) is 1. The average molecular weight is 258 g/mol. The summed E-state index contributed by atoms with van der Waals surface area (Å²) in [7, 11) is 0. The monoisotopic (exact) mass is 258 g/mol. The van der Waals surface area contributed by atoms with E-state index in [0.29, 0.717) is 24.8 Å². The summed E-state index contributed by atoms with van der Waals surface area (Å²) in [5.41, 5.74) is 0.219. The minimum absolute atomic E-state index is 0.0696. The Kier molecular flexibility index (Phi) is 3.84. The highest BCUT2D eigenvalue weighted by atomic mass is 16.5. The molecule has 0 N–H and O–H groups in total. The van der Waals surface area contributed by atoms with Crippen LogP contribution in [0.1, 0.15) is 31.7 Å². The lowest BCUT2D eigenvalue weighted by Gasteiger charge is -2.27. The Hall–Kier alpha value is -1.90. The van der Waals surface area contributed by atoms with Gasteiger partial charge in [-0.1, -0.05) is 36.9 Å². The summed E-state index contributed by atoms with van der Waals surface area (Å²) in [6.07, 6.45) is 1.63. The Morgan fingerprint density at radius 1 is 1.37 bits per heavy atom. The van der Waals surface area contributed by atoms with Crippen LogP contribution in [-0.4, -0.2) is 18.4 Å². The van der Waals surface area contributed by atoms with Crippen molar-refractivity contribution in [1.82, 2.24) is 0 Å². The van der Waals surface area contributed by atoms with Gasteiger partial charge < -0.3 is 4.74 Å². The van der Waals surface area contributed by atoms with Gasteiger partial charge in [-0.15, -0.1) is 0 Å². The molecular formula is C16H18O3. The molecule has 3 heteroatoms. The second-order valence-electron chi connectivity index (χ2n) is 4.75. The van der Waals surface area contributed by atoms with Crippen molar-refractivity contribution in [3.8, 4) is 0 Å². The van der Waals surface area contributed by atoms with Crippen LogP contribution in [0.25, 0.3) is 5.57 Å². The van der Waals surface area contributed by atoms with E-state index in [1.54, 1.807) is 6.92 Å². The lowest BCUT2D eigenvalue weighted by Crippen LogP contribution is -2.37. The van der Waals surface area contributed by atoms with Gasteiger partial charge in [-0.2, -0.15) is 0 Å². The summed E-state index contributed by atoms with van der Waals surface area (Å²) < 4.78 is 5.12. The molecule has 1 saturated carbocycles. The van der Waals surface area contributed by atoms with Crippen LogP contribution >= 0.6 is 0 Å². The Morgan fingerprint density at radius 2 is 2.05 bits per heavy atom. The highest BCUT2D eigenvalue weighted by molar-refractivity contribution is 6.15. The lowest BCUT2D eigenvalue weighted by molar-refractivity contribution is -0.154. The number of ketones is 1. The van der Waals surface area contributed by atoms with E-state index in [-0.39, 0.29) is 12.4 Å². The Bertz CT molecular complexity index is 504. The third-order valence-corrected chi connectivity index (χ3v) is 3.69. The maximum absolute atomic E-state index is 12.3. The topological polar surface area (TPSA) is 43.4 Å². The molecule has 1 fully saturated rings. The zero-order chi connectivity index (χ0) is 13.9. The predicted molar refractivity (Wildman–Crippen MR) is 73.4 cm³/mol. The van der Waals surface area contributed by atoms with Crippen LogP contribution in [0.3, 0.4) is 0 Å². The highest BCUT2D eigenvalue weighted by Gasteiger charge is 2.52. The molecule has 19 heavy (non-hydrogen) atoms. The maximum Gasteiger partial charge on any atom is 0.324 e. The summed E-state index contributed by atoms with van der Waals surface area (Å²) in [5, 5.41) is 0. The van der Waals surface area contributed by atoms with Gasteiger partial charge in [0.15, 0.2) is 11.2 Å². The largest absolute Gasteiger partial charge is 0.465 e. The zero-order valence-corrected chi connectivity index (χ0v) is 11.1. The second kappa shape index (κ2) is 5.39. The molecule has 0 radical (unpaired) electrons. The summed E-state index contributed by atoms with van der Waals surface area (Å²) in [5.74, 6) is -0.522. The van der Waals surface area contributed by atoms with Gasteiger partial charge in [0.2, 0.25) is 0 Å². The number of hydrogen-bond donors (Lipinski definition) is 0. The number of Topliss-reactive ketones (excluding diaryl/α,β-unsaturated/α-hetero) is 1. The lowest BCUT2D eigenvalue weighted by atomic mass is 9.75. The van der Waals surface area contributed by atoms with Crippen LogP contribution in [0.2, 0.25) is 0 Å². The molecule has 0 heterocycles. The molecule has 1 atom stereocenters. The van der Waals surface area contributed by atoms with Crippen LogP contribution < -0.4 is 0 Å². The van der Waals surface area contributed by atoms with Crippen molar-refractivity contribution in [2.75, 3.05) is 6.61 Å². The molecule has 0 saturated heterocycles. The number of carbonyl (C=O) groups is 2. The molecular weight excluding hydrogens is 240 g/mol. The van der Waals surface area contributed by atoms with E-state index in [4.69, 9.17) is 4.74 Å². The first-order valence-corrected chi connectivity index (χ1v) is 6.58. The highest BCUT2D eigenvalue weighted by Crippen LogP contribution is 2.46. The normalized spacial score (nSPS) is 22.3. The summed E-state index contributed by atoms with van der Waals surface area (Å²) in [6.45, 7) is 6.03. The zero-order valence-electron chi connectivity index (χ0n) is 11.1. The first-order valence-electron chi connectivity index (χ1n) is 6.58. The molecule has 3 nitrogen and oxygen atoms in total. The van der Waals surface area contributed by atoms with Gasteiger partial charge >= 0.3 is 5.97 Å². The minimum Gasteiger partial charge on any atom is -0.465 e. The fraction of sp³-hybridized carbons (Fsp3) is 0.375. The maximum atomic E-state index is 12.3. The van der Waals surface area contributed by atoms with E-state index in [9.17, 15) is 9.59 Å². The van der Waals surface area contributed by atoms with Crippen molar-refractivity contribution in [3.05, 3.63) is 42.5 Å². The molecule has 1 aliphatic carbocycles. The molecule has 1 aromatic rings. The fourth-order valence-corrected chi connectivity index (χ4v) is 2.67. The summed E-state index contributed by atoms with van der Waals surface area (Å²) >= 11 is 0. The van der Waals surface area contributed by atoms with Crippen LogP contribution in [0.4, 0.5) is 0 Å². The molecule has 1 aromatic carbocycles. The van der Waals surface area contributed by atoms with Crippen molar-refractivity contribution in [2.45, 2.75) is 26.2 Å². The van der Waals surface area contributed by atoms with E-state index in [2.05, 4.69) is 6.58 Å². The molecule has 2 rings (SSSR count). The third-order valence-electron chi connectivity index (χ3n) is 3.69. The molecule has 0 aliphatic heterocycles. The van der Waals surface area contributed by atoms with Gasteiger partial charge in [0.1, 0.15) is 0 Å². The molecule has 0 unspecified atom stereocenters. The summed E-state index contributed by atoms with van der Waals surface area (Å²) in [4.78, 5) is 24.6. The van der Waals surface area contributed by atoms with Crippen molar-refractivity contribution in [2.24, 2.45) is 5.41 Å². The SMILES string of the molecule is C=C(c1ccccc1)[C@]1(C(=O)OCC)CCCC1=O. The second-order valence-corrected chi connectivity index (χ2v) is 4.75. The van der Waals surface area contributed by atoms with Crippen LogP contribution in [0.5, 0.6) is 0 Å². The fourth-order valence-electron chi connectivity index (χ4n) is 2.67. The first kappa shape index (κ1) is 13.5. The van der Waals surface area contributed by atoms with Crippen LogP contribution in [-0.2, 0) is 14.3 Å². The summed E-state index contributed by atoms with van der Waals surface area (Å²) in [6, 6.07) is 9.38. The van der Waals surface area contributed by atoms with Crippen molar-refractivity contribution >= 4 is 17.3 Å². The quantitative estimate of drug-likeness (QED) is 0.616. The predicted octanol–water partition coefficient (Wildman–Crippen LogP) is 3.00. The Balaban J connectivity index is 2.42. The number of hydrogen-bond acceptors (Lipinski definition) is 3. The van der Waals surface area contributed by atoms with Gasteiger partial charge in [0, 0.05) is 6.42 Å². The van der Waals surface area contributed by atoms with Crippen molar-refractivity contribution in [1.29, 1.82) is 0 Å². The number of rotatable bonds is 4. The molecule has 0 amide bonds. The third kappa shape index (κ3) is 2.21. The van der Waals surface area contributed by atoms with Gasteiger partial charge in [0.05, 0.1) is 6.61 Å². The van der Waals surface area contributed by atoms with Gasteiger partial charge in [-0.05, 0) is 30.9 Å². The molecule has 0 bridgehead atoms. The first-order chi connectivity index (χ1) is 9.13. The Labute approximate surface area is 113 Å². The van der Waals surface area contributed by atoms with Crippen molar-refractivity contribution in [3.63, 3.8) is 0 Å². The average Bonchev–Trinajstić information content (AvgIpc) is 2.82. The minimum atomic E-state index is -1.17.